The molecule has 0 saturated carbocycles. The lowest BCUT2D eigenvalue weighted by Crippen LogP contribution is -2.56. The molecule has 1 fully saturated rings. The average molecular weight is 531 g/mol. The highest BCUT2D eigenvalue weighted by atomic mass is 35.5. The molecule has 196 valence electrons. The van der Waals surface area contributed by atoms with Crippen molar-refractivity contribution < 1.29 is 33.4 Å². The molecular weight excluding hydrogens is 504 g/mol. The van der Waals surface area contributed by atoms with Crippen molar-refractivity contribution >= 4 is 52.7 Å². The number of nitrogens with zero attached hydrogens (tertiary/aromatic N) is 1. The fourth-order valence-electron chi connectivity index (χ4n) is 4.57. The number of esters is 1. The zero-order valence-electron chi connectivity index (χ0n) is 20.3. The van der Waals surface area contributed by atoms with E-state index in [-0.39, 0.29) is 18.9 Å². The van der Waals surface area contributed by atoms with E-state index >= 15 is 0 Å². The van der Waals surface area contributed by atoms with Gasteiger partial charge in [-0.3, -0.25) is 20.2 Å². The molecule has 11 nitrogen and oxygen atoms in total. The first-order valence-electron chi connectivity index (χ1n) is 11.6. The van der Waals surface area contributed by atoms with Gasteiger partial charge >= 0.3 is 18.2 Å². The summed E-state index contributed by atoms with van der Waals surface area (Å²) in [5, 5.41) is 8.79. The van der Waals surface area contributed by atoms with Crippen LogP contribution in [-0.2, 0) is 29.4 Å². The van der Waals surface area contributed by atoms with Gasteiger partial charge in [0.2, 0.25) is 5.91 Å². The Morgan fingerprint density at radius 2 is 1.86 bits per heavy atom. The number of hydrogen-bond acceptors (Lipinski definition) is 8. The number of amides is 3. The van der Waals surface area contributed by atoms with Gasteiger partial charge in [0.05, 0.1) is 32.9 Å². The molecule has 12 heteroatoms. The summed E-state index contributed by atoms with van der Waals surface area (Å²) in [4.78, 5) is 51.2. The summed E-state index contributed by atoms with van der Waals surface area (Å²) in [5.41, 5.74) is 1.27. The van der Waals surface area contributed by atoms with E-state index in [4.69, 9.17) is 21.1 Å². The third-order valence-corrected chi connectivity index (χ3v) is 6.55. The number of halogens is 1. The topological polar surface area (TPSA) is 135 Å². The van der Waals surface area contributed by atoms with Crippen molar-refractivity contribution in [1.29, 1.82) is 0 Å². The van der Waals surface area contributed by atoms with Crippen LogP contribution in [0.15, 0.2) is 42.5 Å². The largest absolute Gasteiger partial charge is 0.469 e. The van der Waals surface area contributed by atoms with E-state index < -0.39 is 29.8 Å². The molecule has 2 aromatic carbocycles. The number of carbonyl (C=O) groups excluding carboxylic acids is 4. The lowest BCUT2D eigenvalue weighted by atomic mass is 9.83. The molecular formula is C25H27ClN4O7. The number of anilines is 3. The summed E-state index contributed by atoms with van der Waals surface area (Å²) < 4.78 is 15.2. The fourth-order valence-corrected chi connectivity index (χ4v) is 4.75. The lowest BCUT2D eigenvalue weighted by Gasteiger charge is -2.45. The van der Waals surface area contributed by atoms with Crippen molar-refractivity contribution in [1.82, 2.24) is 4.90 Å². The van der Waals surface area contributed by atoms with E-state index in [1.54, 1.807) is 47.4 Å². The minimum Gasteiger partial charge on any atom is -0.469 e. The Morgan fingerprint density at radius 3 is 2.57 bits per heavy atom. The number of benzene rings is 2. The Labute approximate surface area is 218 Å². The molecule has 1 saturated heterocycles. The zero-order valence-corrected chi connectivity index (χ0v) is 21.1. The van der Waals surface area contributed by atoms with Gasteiger partial charge in [0.1, 0.15) is 6.04 Å². The summed E-state index contributed by atoms with van der Waals surface area (Å²) in [6, 6.07) is 10.8. The van der Waals surface area contributed by atoms with Gasteiger partial charge in [0.15, 0.2) is 5.60 Å². The maximum atomic E-state index is 13.7. The number of likely N-dealkylation sites (tertiary alicyclic amines) is 1. The van der Waals surface area contributed by atoms with Gasteiger partial charge in [0.25, 0.3) is 0 Å². The fraction of sp³-hybridized carbons (Fsp3) is 0.360. The first-order valence-corrected chi connectivity index (χ1v) is 12.0. The van der Waals surface area contributed by atoms with E-state index in [0.29, 0.717) is 47.0 Å². The summed E-state index contributed by atoms with van der Waals surface area (Å²) >= 11 is 6.24. The van der Waals surface area contributed by atoms with Crippen LogP contribution in [0.3, 0.4) is 0 Å². The predicted octanol–water partition coefficient (Wildman–Crippen LogP) is 3.94. The molecule has 2 aliphatic heterocycles. The molecule has 2 unspecified atom stereocenters. The Bertz CT molecular complexity index is 1210. The molecule has 37 heavy (non-hydrogen) atoms. The Hall–Kier alpha value is -3.99. The average Bonchev–Trinajstić information content (AvgIpc) is 2.89. The van der Waals surface area contributed by atoms with Gasteiger partial charge in [-0.2, -0.15) is 0 Å². The van der Waals surface area contributed by atoms with Gasteiger partial charge in [-0.05, 0) is 55.3 Å². The van der Waals surface area contributed by atoms with Crippen LogP contribution in [0.1, 0.15) is 24.8 Å². The van der Waals surface area contributed by atoms with E-state index in [0.717, 1.165) is 0 Å². The summed E-state index contributed by atoms with van der Waals surface area (Å²) in [6.45, 7) is 0.525. The second-order valence-corrected chi connectivity index (χ2v) is 9.17. The number of carbonyl (C=O) groups is 4. The molecule has 4 rings (SSSR count). The van der Waals surface area contributed by atoms with Crippen LogP contribution in [0.4, 0.5) is 26.7 Å². The van der Waals surface area contributed by atoms with Crippen LogP contribution in [0.2, 0.25) is 5.02 Å². The van der Waals surface area contributed by atoms with E-state index in [9.17, 15) is 19.2 Å². The molecule has 0 radical (unpaired) electrons. The van der Waals surface area contributed by atoms with Gasteiger partial charge in [0, 0.05) is 28.5 Å². The molecule has 0 aliphatic carbocycles. The van der Waals surface area contributed by atoms with Crippen LogP contribution in [0.25, 0.3) is 0 Å². The molecule has 2 heterocycles. The second-order valence-electron chi connectivity index (χ2n) is 8.73. The Kier molecular flexibility index (Phi) is 7.72. The molecule has 2 aliphatic rings. The second kappa shape index (κ2) is 11.0. The standard InChI is InChI=1S/C25H27ClN4O7/c1-35-21(31)13-20(27-16-5-7-17(8-6-16)28-23(33)36-2)22(32)30-11-3-10-25(14-30)18-12-15(26)4-9-19(18)29-24(34)37-25/h4-9,12,20,27H,3,10-11,13-14H2,1-2H3,(H,28,33)(H,29,34). The quantitative estimate of drug-likeness (QED) is 0.377. The van der Waals surface area contributed by atoms with Gasteiger partial charge in [-0.15, -0.1) is 0 Å². The highest BCUT2D eigenvalue weighted by Gasteiger charge is 2.47. The highest BCUT2D eigenvalue weighted by molar-refractivity contribution is 6.30. The van der Waals surface area contributed by atoms with Crippen molar-refractivity contribution in [3.05, 3.63) is 53.1 Å². The molecule has 0 bridgehead atoms. The molecule has 3 N–H and O–H groups in total. The number of ether oxygens (including phenoxy) is 3. The third-order valence-electron chi connectivity index (χ3n) is 6.32. The number of methoxy groups -OCH3 is 2. The highest BCUT2D eigenvalue weighted by Crippen LogP contribution is 2.43. The number of fused-ring (bicyclic) bond motifs is 2. The van der Waals surface area contributed by atoms with Crippen LogP contribution in [-0.4, -0.2) is 62.3 Å². The Morgan fingerprint density at radius 1 is 1.14 bits per heavy atom. The van der Waals surface area contributed by atoms with Gasteiger partial charge in [-0.25, -0.2) is 9.59 Å². The monoisotopic (exact) mass is 530 g/mol. The molecule has 0 aromatic heterocycles. The number of rotatable bonds is 6. The smallest absolute Gasteiger partial charge is 0.412 e. The maximum absolute atomic E-state index is 13.7. The molecule has 1 spiro atoms. The van der Waals surface area contributed by atoms with E-state index in [1.807, 2.05) is 0 Å². The third kappa shape index (κ3) is 5.88. The summed E-state index contributed by atoms with van der Waals surface area (Å²) in [6.07, 6.45) is -0.343. The van der Waals surface area contributed by atoms with Crippen molar-refractivity contribution in [2.45, 2.75) is 30.9 Å². The minimum atomic E-state index is -1.06. The van der Waals surface area contributed by atoms with E-state index in [1.165, 1.54) is 14.2 Å². The normalized spacial score (nSPS) is 19.1. The SMILES string of the molecule is COC(=O)CC(Nc1ccc(NC(=O)OC)cc1)C(=O)N1CCCC2(C1)OC(=O)Nc1ccc(Cl)cc12. The zero-order chi connectivity index (χ0) is 26.6. The van der Waals surface area contributed by atoms with Crippen molar-refractivity contribution in [3.63, 3.8) is 0 Å². The number of nitrogens with one attached hydrogen (secondary N) is 3. The summed E-state index contributed by atoms with van der Waals surface area (Å²) in [5.74, 6) is -0.911. The van der Waals surface area contributed by atoms with Gasteiger partial charge in [-0.1, -0.05) is 11.6 Å². The van der Waals surface area contributed by atoms with Crippen LogP contribution in [0, 0.1) is 0 Å². The predicted molar refractivity (Wildman–Crippen MR) is 136 cm³/mol. The van der Waals surface area contributed by atoms with Crippen molar-refractivity contribution in [2.75, 3.05) is 43.3 Å². The number of piperidine rings is 1. The Balaban J connectivity index is 1.56. The van der Waals surface area contributed by atoms with Crippen LogP contribution >= 0.6 is 11.6 Å². The van der Waals surface area contributed by atoms with Crippen LogP contribution < -0.4 is 16.0 Å². The molecule has 2 aromatic rings. The first-order chi connectivity index (χ1) is 17.7. The van der Waals surface area contributed by atoms with Gasteiger partial charge < -0.3 is 24.4 Å². The minimum absolute atomic E-state index is 0.105. The summed E-state index contributed by atoms with van der Waals surface area (Å²) in [7, 11) is 2.51. The van der Waals surface area contributed by atoms with Crippen molar-refractivity contribution in [3.8, 4) is 0 Å². The van der Waals surface area contributed by atoms with Crippen molar-refractivity contribution in [2.24, 2.45) is 0 Å². The molecule has 2 atom stereocenters. The van der Waals surface area contributed by atoms with Crippen LogP contribution in [0.5, 0.6) is 0 Å². The number of hydrogen-bond donors (Lipinski definition) is 3. The van der Waals surface area contributed by atoms with E-state index in [2.05, 4.69) is 20.7 Å². The first kappa shape index (κ1) is 26.1. The maximum Gasteiger partial charge on any atom is 0.412 e. The lowest BCUT2D eigenvalue weighted by molar-refractivity contribution is -0.146. The molecule has 3 amide bonds.